The van der Waals surface area contributed by atoms with Crippen LogP contribution in [0.1, 0.15) is 42.5 Å². The number of hydrogen-bond acceptors (Lipinski definition) is 6. The average molecular weight is 412 g/mol. The smallest absolute Gasteiger partial charge is 0.313 e. The molecular formula is C25H24N4O2. The number of ether oxygens (including phenoxy) is 1. The number of pyridine rings is 1. The number of anilines is 1. The minimum Gasteiger partial charge on any atom is -0.487 e. The molecule has 156 valence electrons. The van der Waals surface area contributed by atoms with E-state index in [1.54, 1.807) is 6.20 Å². The van der Waals surface area contributed by atoms with Crippen molar-refractivity contribution < 1.29 is 9.15 Å². The molecule has 6 heteroatoms. The largest absolute Gasteiger partial charge is 0.487 e. The van der Waals surface area contributed by atoms with Gasteiger partial charge in [0.25, 0.3) is 0 Å². The second-order valence-electron chi connectivity index (χ2n) is 8.33. The van der Waals surface area contributed by atoms with Crippen molar-refractivity contribution in [3.8, 4) is 17.2 Å². The Labute approximate surface area is 181 Å². The highest BCUT2D eigenvalue weighted by Crippen LogP contribution is 2.58. The maximum atomic E-state index is 5.90. The van der Waals surface area contributed by atoms with Crippen LogP contribution in [-0.4, -0.2) is 15.2 Å². The van der Waals surface area contributed by atoms with E-state index in [9.17, 15) is 0 Å². The van der Waals surface area contributed by atoms with Gasteiger partial charge in [-0.1, -0.05) is 42.4 Å². The molecule has 5 rings (SSSR count). The van der Waals surface area contributed by atoms with Crippen LogP contribution in [0, 0.1) is 5.41 Å². The van der Waals surface area contributed by atoms with Crippen molar-refractivity contribution in [2.24, 2.45) is 5.41 Å². The first-order valence-corrected chi connectivity index (χ1v) is 10.4. The molecule has 0 aliphatic heterocycles. The van der Waals surface area contributed by atoms with Gasteiger partial charge in [-0.15, -0.1) is 5.10 Å². The molecule has 1 saturated carbocycles. The molecule has 2 aromatic carbocycles. The highest BCUT2D eigenvalue weighted by molar-refractivity contribution is 5.55. The van der Waals surface area contributed by atoms with E-state index in [0.29, 0.717) is 18.4 Å². The molecule has 1 aliphatic carbocycles. The molecule has 2 heterocycles. The van der Waals surface area contributed by atoms with E-state index < -0.39 is 0 Å². The molecule has 1 fully saturated rings. The van der Waals surface area contributed by atoms with E-state index in [2.05, 4.69) is 46.4 Å². The molecule has 0 bridgehead atoms. The van der Waals surface area contributed by atoms with Crippen molar-refractivity contribution in [3.05, 3.63) is 89.7 Å². The van der Waals surface area contributed by atoms with Crippen molar-refractivity contribution >= 4 is 6.01 Å². The molecule has 0 saturated heterocycles. The summed E-state index contributed by atoms with van der Waals surface area (Å²) in [6.07, 6.45) is 4.22. The van der Waals surface area contributed by atoms with Crippen molar-refractivity contribution in [3.63, 3.8) is 0 Å². The normalized spacial score (nSPS) is 15.4. The van der Waals surface area contributed by atoms with Gasteiger partial charge in [-0.05, 0) is 65.8 Å². The summed E-state index contributed by atoms with van der Waals surface area (Å²) < 4.78 is 11.2. The Morgan fingerprint density at radius 1 is 0.968 bits per heavy atom. The molecule has 0 spiro atoms. The molecule has 0 radical (unpaired) electrons. The lowest BCUT2D eigenvalue weighted by Gasteiger charge is -2.25. The SMILES string of the molecule is CC1(C(c2ccc(OCc3ccccn3)cc2)c2ccc(-c3nnc(N)o3)cc2)CC1. The Kier molecular flexibility index (Phi) is 4.90. The third kappa shape index (κ3) is 4.14. The first kappa shape index (κ1) is 19.3. The van der Waals surface area contributed by atoms with Gasteiger partial charge in [0.2, 0.25) is 5.89 Å². The topological polar surface area (TPSA) is 87.1 Å². The van der Waals surface area contributed by atoms with Gasteiger partial charge in [-0.2, -0.15) is 0 Å². The van der Waals surface area contributed by atoms with Gasteiger partial charge in [-0.3, -0.25) is 4.98 Å². The van der Waals surface area contributed by atoms with Gasteiger partial charge in [0.15, 0.2) is 0 Å². The Balaban J connectivity index is 1.35. The minimum atomic E-state index is 0.0767. The van der Waals surface area contributed by atoms with Gasteiger partial charge in [0.05, 0.1) is 5.69 Å². The summed E-state index contributed by atoms with van der Waals surface area (Å²) in [5.74, 6) is 1.60. The number of hydrogen-bond donors (Lipinski definition) is 1. The fourth-order valence-corrected chi connectivity index (χ4v) is 4.05. The number of rotatable bonds is 7. The molecule has 6 nitrogen and oxygen atoms in total. The van der Waals surface area contributed by atoms with Gasteiger partial charge in [0.1, 0.15) is 12.4 Å². The van der Waals surface area contributed by atoms with Crippen LogP contribution in [0.25, 0.3) is 11.5 Å². The molecule has 0 amide bonds. The zero-order valence-electron chi connectivity index (χ0n) is 17.4. The summed E-state index contributed by atoms with van der Waals surface area (Å²) in [5.41, 5.74) is 10.2. The van der Waals surface area contributed by atoms with Gasteiger partial charge >= 0.3 is 6.01 Å². The maximum absolute atomic E-state index is 5.90. The summed E-state index contributed by atoms with van der Waals surface area (Å²) in [6, 6.07) is 22.7. The molecular weight excluding hydrogens is 388 g/mol. The fraction of sp³-hybridized carbons (Fsp3) is 0.240. The van der Waals surface area contributed by atoms with E-state index in [0.717, 1.165) is 17.0 Å². The van der Waals surface area contributed by atoms with E-state index in [-0.39, 0.29) is 11.4 Å². The Morgan fingerprint density at radius 3 is 2.26 bits per heavy atom. The van der Waals surface area contributed by atoms with Crippen LogP contribution in [0.15, 0.2) is 77.3 Å². The van der Waals surface area contributed by atoms with Crippen LogP contribution >= 0.6 is 0 Å². The first-order valence-electron chi connectivity index (χ1n) is 10.4. The molecule has 1 unspecified atom stereocenters. The Hall–Kier alpha value is -3.67. The lowest BCUT2D eigenvalue weighted by Crippen LogP contribution is -2.12. The highest BCUT2D eigenvalue weighted by atomic mass is 16.5. The van der Waals surface area contributed by atoms with Crippen LogP contribution in [0.5, 0.6) is 5.75 Å². The van der Waals surface area contributed by atoms with Crippen molar-refractivity contribution in [1.29, 1.82) is 0 Å². The number of aromatic nitrogens is 3. The molecule has 1 aliphatic rings. The fourth-order valence-electron chi connectivity index (χ4n) is 4.05. The zero-order chi connectivity index (χ0) is 21.3. The maximum Gasteiger partial charge on any atom is 0.313 e. The Bertz CT molecular complexity index is 1150. The van der Waals surface area contributed by atoms with Crippen LogP contribution in [-0.2, 0) is 6.61 Å². The first-order chi connectivity index (χ1) is 15.1. The lowest BCUT2D eigenvalue weighted by molar-refractivity contribution is 0.301. The summed E-state index contributed by atoms with van der Waals surface area (Å²) in [5, 5.41) is 7.70. The second kappa shape index (κ2) is 7.87. The summed E-state index contributed by atoms with van der Waals surface area (Å²) in [7, 11) is 0. The summed E-state index contributed by atoms with van der Waals surface area (Å²) in [6.45, 7) is 2.82. The van der Waals surface area contributed by atoms with Crippen molar-refractivity contribution in [2.45, 2.75) is 32.3 Å². The van der Waals surface area contributed by atoms with E-state index in [4.69, 9.17) is 14.9 Å². The predicted octanol–water partition coefficient (Wildman–Crippen LogP) is 5.22. The van der Waals surface area contributed by atoms with Gasteiger partial charge < -0.3 is 14.9 Å². The van der Waals surface area contributed by atoms with Gasteiger partial charge in [-0.25, -0.2) is 0 Å². The quantitative estimate of drug-likeness (QED) is 0.447. The van der Waals surface area contributed by atoms with Crippen LogP contribution in [0.4, 0.5) is 6.01 Å². The van der Waals surface area contributed by atoms with E-state index in [1.807, 2.05) is 42.5 Å². The van der Waals surface area contributed by atoms with Crippen LogP contribution in [0.2, 0.25) is 0 Å². The average Bonchev–Trinajstić information content (AvgIpc) is 3.39. The monoisotopic (exact) mass is 412 g/mol. The molecule has 2 N–H and O–H groups in total. The van der Waals surface area contributed by atoms with Crippen LogP contribution < -0.4 is 10.5 Å². The molecule has 31 heavy (non-hydrogen) atoms. The Morgan fingerprint density at radius 2 is 1.68 bits per heavy atom. The van der Waals surface area contributed by atoms with Crippen LogP contribution in [0.3, 0.4) is 0 Å². The third-order valence-electron chi connectivity index (χ3n) is 5.99. The van der Waals surface area contributed by atoms with Crippen molar-refractivity contribution in [1.82, 2.24) is 15.2 Å². The molecule has 4 aromatic rings. The van der Waals surface area contributed by atoms with E-state index >= 15 is 0 Å². The predicted molar refractivity (Wildman–Crippen MR) is 118 cm³/mol. The molecule has 2 aromatic heterocycles. The van der Waals surface area contributed by atoms with Gasteiger partial charge in [0, 0.05) is 17.7 Å². The number of nitrogens with two attached hydrogens (primary N) is 1. The standard InChI is InChI=1S/C25H24N4O2/c1-25(13-14-25)22(17-5-7-19(8-6-17)23-28-29-24(26)31-23)18-9-11-21(12-10-18)30-16-20-4-2-3-15-27-20/h2-12,15,22H,13-14,16H2,1H3,(H2,26,29). The number of nitrogens with zero attached hydrogens (tertiary/aromatic N) is 3. The minimum absolute atomic E-state index is 0.0767. The summed E-state index contributed by atoms with van der Waals surface area (Å²) >= 11 is 0. The second-order valence-corrected chi connectivity index (χ2v) is 8.33. The number of benzene rings is 2. The molecule has 1 atom stereocenters. The summed E-state index contributed by atoms with van der Waals surface area (Å²) in [4.78, 5) is 4.30. The van der Waals surface area contributed by atoms with E-state index in [1.165, 1.54) is 24.0 Å². The number of nitrogen functional groups attached to an aromatic ring is 1. The lowest BCUT2D eigenvalue weighted by atomic mass is 9.79. The van der Waals surface area contributed by atoms with Crippen molar-refractivity contribution in [2.75, 3.05) is 5.73 Å². The third-order valence-corrected chi connectivity index (χ3v) is 5.99. The highest BCUT2D eigenvalue weighted by Gasteiger charge is 2.46. The zero-order valence-corrected chi connectivity index (χ0v) is 17.4.